The van der Waals surface area contributed by atoms with Gasteiger partial charge >= 0.3 is 0 Å². The number of methoxy groups -OCH3 is 1. The molecule has 0 radical (unpaired) electrons. The van der Waals surface area contributed by atoms with Crippen LogP contribution in [0.5, 0.6) is 5.75 Å². The van der Waals surface area contributed by atoms with Crippen LogP contribution in [-0.2, 0) is 11.3 Å². The Hall–Kier alpha value is -1.87. The first kappa shape index (κ1) is 23.2. The van der Waals surface area contributed by atoms with Gasteiger partial charge in [-0.2, -0.15) is 0 Å². The Bertz CT molecular complexity index is 710. The molecule has 0 saturated heterocycles. The van der Waals surface area contributed by atoms with Crippen molar-refractivity contribution in [3.05, 3.63) is 53.9 Å². The number of rotatable bonds is 9. The molecule has 0 atom stereocenters. The van der Waals surface area contributed by atoms with Gasteiger partial charge in [0, 0.05) is 44.6 Å². The van der Waals surface area contributed by atoms with Crippen LogP contribution in [0.15, 0.2) is 47.6 Å². The summed E-state index contributed by atoms with van der Waals surface area (Å²) in [6.07, 6.45) is 2.66. The molecule has 2 N–H and O–H groups in total. The van der Waals surface area contributed by atoms with Crippen molar-refractivity contribution in [3.63, 3.8) is 0 Å². The number of aliphatic imine (C=N–C) groups is 1. The third kappa shape index (κ3) is 8.57. The van der Waals surface area contributed by atoms with E-state index in [1.807, 2.05) is 50.2 Å². The van der Waals surface area contributed by atoms with Crippen LogP contribution in [-0.4, -0.2) is 37.8 Å². The maximum absolute atomic E-state index is 5.75. The van der Waals surface area contributed by atoms with E-state index >= 15 is 0 Å². The summed E-state index contributed by atoms with van der Waals surface area (Å²) < 4.78 is 10.8. The van der Waals surface area contributed by atoms with Gasteiger partial charge in [0.1, 0.15) is 5.75 Å². The second kappa shape index (κ2) is 13.3. The number of pyridine rings is 1. The summed E-state index contributed by atoms with van der Waals surface area (Å²) in [4.78, 5) is 9.02. The predicted molar refractivity (Wildman–Crippen MR) is 121 cm³/mol. The molecule has 1 heterocycles. The van der Waals surface area contributed by atoms with Gasteiger partial charge in [-0.25, -0.2) is 4.99 Å². The maximum atomic E-state index is 5.75. The number of anilines is 1. The van der Waals surface area contributed by atoms with Gasteiger partial charge in [0.2, 0.25) is 0 Å². The van der Waals surface area contributed by atoms with Crippen LogP contribution in [0.25, 0.3) is 0 Å². The van der Waals surface area contributed by atoms with E-state index in [4.69, 9.17) is 9.47 Å². The number of nitrogens with zero attached hydrogens (tertiary/aromatic N) is 2. The van der Waals surface area contributed by atoms with Crippen LogP contribution in [0.4, 0.5) is 5.69 Å². The van der Waals surface area contributed by atoms with Gasteiger partial charge in [0.05, 0.1) is 18.8 Å². The summed E-state index contributed by atoms with van der Waals surface area (Å²) in [6, 6.07) is 11.8. The fourth-order valence-corrected chi connectivity index (χ4v) is 2.34. The van der Waals surface area contributed by atoms with Crippen LogP contribution in [0.2, 0.25) is 0 Å². The van der Waals surface area contributed by atoms with Gasteiger partial charge < -0.3 is 20.1 Å². The Kier molecular flexibility index (Phi) is 11.4. The Balaban J connectivity index is 0.00000364. The highest BCUT2D eigenvalue weighted by Crippen LogP contribution is 2.17. The van der Waals surface area contributed by atoms with Gasteiger partial charge in [-0.05, 0) is 37.6 Å². The highest BCUT2D eigenvalue weighted by molar-refractivity contribution is 14.0. The van der Waals surface area contributed by atoms with Gasteiger partial charge in [0.15, 0.2) is 5.96 Å². The highest BCUT2D eigenvalue weighted by Gasteiger charge is 2.03. The summed E-state index contributed by atoms with van der Waals surface area (Å²) >= 11 is 0. The lowest BCUT2D eigenvalue weighted by atomic mass is 10.2. The van der Waals surface area contributed by atoms with E-state index in [1.54, 1.807) is 13.3 Å². The van der Waals surface area contributed by atoms with E-state index in [0.29, 0.717) is 25.7 Å². The Morgan fingerprint density at radius 1 is 1.19 bits per heavy atom. The molecule has 148 valence electrons. The van der Waals surface area contributed by atoms with Crippen LogP contribution >= 0.6 is 24.0 Å². The normalized spacial score (nSPS) is 10.9. The summed E-state index contributed by atoms with van der Waals surface area (Å²) in [5, 5.41) is 6.57. The lowest BCUT2D eigenvalue weighted by Gasteiger charge is -2.13. The van der Waals surface area contributed by atoms with Crippen molar-refractivity contribution in [3.8, 4) is 5.75 Å². The van der Waals surface area contributed by atoms with E-state index in [-0.39, 0.29) is 24.0 Å². The summed E-state index contributed by atoms with van der Waals surface area (Å²) in [5.41, 5.74) is 3.03. The molecular formula is C20H29IN4O2. The van der Waals surface area contributed by atoms with E-state index in [9.17, 15) is 0 Å². The summed E-state index contributed by atoms with van der Waals surface area (Å²) in [7, 11) is 1.69. The van der Waals surface area contributed by atoms with Crippen molar-refractivity contribution in [2.45, 2.75) is 26.8 Å². The zero-order chi connectivity index (χ0) is 18.6. The van der Waals surface area contributed by atoms with Crippen LogP contribution in [0.1, 0.15) is 24.6 Å². The molecule has 0 spiro atoms. The van der Waals surface area contributed by atoms with Gasteiger partial charge in [-0.3, -0.25) is 4.98 Å². The van der Waals surface area contributed by atoms with E-state index in [1.165, 1.54) is 0 Å². The molecule has 2 aromatic rings. The number of aryl methyl sites for hydroxylation is 1. The molecule has 0 aliphatic rings. The van der Waals surface area contributed by atoms with Gasteiger partial charge in [0.25, 0.3) is 0 Å². The highest BCUT2D eigenvalue weighted by atomic mass is 127. The zero-order valence-electron chi connectivity index (χ0n) is 16.2. The molecular weight excluding hydrogens is 455 g/mol. The first-order chi connectivity index (χ1) is 12.7. The third-order valence-electron chi connectivity index (χ3n) is 3.71. The number of ether oxygens (including phenoxy) is 2. The van der Waals surface area contributed by atoms with Crippen LogP contribution in [0.3, 0.4) is 0 Å². The molecule has 1 aromatic heterocycles. The van der Waals surface area contributed by atoms with E-state index < -0.39 is 0 Å². The molecule has 2 rings (SSSR count). The first-order valence-corrected chi connectivity index (χ1v) is 8.90. The number of nitrogens with one attached hydrogen (secondary N) is 2. The molecule has 0 saturated carbocycles. The number of hydrogen-bond donors (Lipinski definition) is 2. The minimum atomic E-state index is 0. The van der Waals surface area contributed by atoms with E-state index in [0.717, 1.165) is 35.7 Å². The average molecular weight is 484 g/mol. The maximum Gasteiger partial charge on any atom is 0.196 e. The first-order valence-electron chi connectivity index (χ1n) is 8.90. The SMILES string of the molecule is CCNC(=NCc1ncccc1C)Nc1cccc(OCCCOC)c1.I. The molecule has 0 amide bonds. The van der Waals surface area contributed by atoms with Crippen molar-refractivity contribution in [2.24, 2.45) is 4.99 Å². The quantitative estimate of drug-likeness (QED) is 0.244. The van der Waals surface area contributed by atoms with Crippen molar-refractivity contribution in [2.75, 3.05) is 32.2 Å². The second-order valence-electron chi connectivity index (χ2n) is 5.81. The monoisotopic (exact) mass is 484 g/mol. The zero-order valence-corrected chi connectivity index (χ0v) is 18.5. The summed E-state index contributed by atoms with van der Waals surface area (Å²) in [5.74, 6) is 1.54. The average Bonchev–Trinajstić information content (AvgIpc) is 2.65. The molecule has 27 heavy (non-hydrogen) atoms. The van der Waals surface area contributed by atoms with E-state index in [2.05, 4.69) is 20.6 Å². The molecule has 0 bridgehead atoms. The smallest absolute Gasteiger partial charge is 0.196 e. The van der Waals surface area contributed by atoms with Crippen LogP contribution < -0.4 is 15.4 Å². The van der Waals surface area contributed by atoms with Crippen molar-refractivity contribution in [1.82, 2.24) is 10.3 Å². The number of halogens is 1. The van der Waals surface area contributed by atoms with Crippen molar-refractivity contribution >= 4 is 35.6 Å². The van der Waals surface area contributed by atoms with Crippen molar-refractivity contribution in [1.29, 1.82) is 0 Å². The molecule has 6 nitrogen and oxygen atoms in total. The predicted octanol–water partition coefficient (Wildman–Crippen LogP) is 4.00. The standard InChI is InChI=1S/C20H28N4O2.HI/c1-4-21-20(23-15-19-16(2)8-6-11-22-19)24-17-9-5-10-18(14-17)26-13-7-12-25-3;/h5-6,8-11,14H,4,7,12-13,15H2,1-3H3,(H2,21,23,24);1H. The van der Waals surface area contributed by atoms with Crippen LogP contribution in [0, 0.1) is 6.92 Å². The molecule has 0 aliphatic heterocycles. The minimum absolute atomic E-state index is 0. The Labute approximate surface area is 178 Å². The Morgan fingerprint density at radius 3 is 2.78 bits per heavy atom. The second-order valence-corrected chi connectivity index (χ2v) is 5.81. The summed E-state index contributed by atoms with van der Waals surface area (Å²) in [6.45, 7) is 6.71. The lowest BCUT2D eigenvalue weighted by Crippen LogP contribution is -2.30. The minimum Gasteiger partial charge on any atom is -0.493 e. The molecule has 0 unspecified atom stereocenters. The fourth-order valence-electron chi connectivity index (χ4n) is 2.34. The van der Waals surface area contributed by atoms with Gasteiger partial charge in [-0.15, -0.1) is 24.0 Å². The van der Waals surface area contributed by atoms with Gasteiger partial charge in [-0.1, -0.05) is 12.1 Å². The third-order valence-corrected chi connectivity index (χ3v) is 3.71. The topological polar surface area (TPSA) is 67.8 Å². The number of hydrogen-bond acceptors (Lipinski definition) is 4. The van der Waals surface area contributed by atoms with Crippen molar-refractivity contribution < 1.29 is 9.47 Å². The largest absolute Gasteiger partial charge is 0.493 e. The number of aromatic nitrogens is 1. The number of benzene rings is 1. The molecule has 0 fully saturated rings. The number of guanidine groups is 1. The lowest BCUT2D eigenvalue weighted by molar-refractivity contribution is 0.172. The molecule has 7 heteroatoms. The fraction of sp³-hybridized carbons (Fsp3) is 0.400. The Morgan fingerprint density at radius 2 is 2.04 bits per heavy atom. The molecule has 1 aromatic carbocycles. The molecule has 0 aliphatic carbocycles.